The van der Waals surface area contributed by atoms with Gasteiger partial charge in [-0.25, -0.2) is 0 Å². The van der Waals surface area contributed by atoms with E-state index in [1.165, 1.54) is 0 Å². The molecule has 0 saturated carbocycles. The first-order valence-corrected chi connectivity index (χ1v) is 11.3. The summed E-state index contributed by atoms with van der Waals surface area (Å²) in [6.45, 7) is 10.1. The Morgan fingerprint density at radius 3 is 2.50 bits per heavy atom. The highest BCUT2D eigenvalue weighted by atomic mass is 35.5. The van der Waals surface area contributed by atoms with Gasteiger partial charge in [-0.3, -0.25) is 9.69 Å². The highest BCUT2D eigenvalue weighted by molar-refractivity contribution is 6.31. The number of ether oxygens (including phenoxy) is 2. The van der Waals surface area contributed by atoms with Crippen molar-refractivity contribution < 1.29 is 14.3 Å². The fraction of sp³-hybridized carbons (Fsp3) is 0.400. The molecule has 1 aromatic heterocycles. The number of rotatable bonds is 10. The van der Waals surface area contributed by atoms with Crippen molar-refractivity contribution in [1.29, 1.82) is 0 Å². The third-order valence-corrected chi connectivity index (χ3v) is 5.61. The molecule has 0 aliphatic rings. The summed E-state index contributed by atoms with van der Waals surface area (Å²) in [5.74, 6) is 1.12. The number of carbonyl (C=O) groups is 1. The summed E-state index contributed by atoms with van der Waals surface area (Å²) in [5, 5.41) is 4.60. The Morgan fingerprint density at radius 2 is 1.81 bits per heavy atom. The lowest BCUT2D eigenvalue weighted by Crippen LogP contribution is -2.39. The molecule has 0 atom stereocenters. The third kappa shape index (κ3) is 6.17. The number of hydrogen-bond acceptors (Lipinski definition) is 4. The van der Waals surface area contributed by atoms with E-state index in [0.29, 0.717) is 40.9 Å². The lowest BCUT2D eigenvalue weighted by atomic mass is 10.2. The molecule has 0 spiro atoms. The zero-order valence-electron chi connectivity index (χ0n) is 19.4. The van der Waals surface area contributed by atoms with E-state index in [4.69, 9.17) is 21.1 Å². The molecule has 0 fully saturated rings. The van der Waals surface area contributed by atoms with E-state index < -0.39 is 0 Å². The summed E-state index contributed by atoms with van der Waals surface area (Å²) in [5.41, 5.74) is 2.44. The number of carbonyl (C=O) groups excluding carboxylic acids is 1. The molecule has 0 radical (unpaired) electrons. The van der Waals surface area contributed by atoms with Crippen molar-refractivity contribution in [3.05, 3.63) is 53.2 Å². The van der Waals surface area contributed by atoms with Crippen molar-refractivity contribution in [1.82, 2.24) is 9.88 Å². The van der Waals surface area contributed by atoms with Crippen molar-refractivity contribution in [2.75, 3.05) is 25.6 Å². The minimum atomic E-state index is -0.121. The monoisotopic (exact) mass is 457 g/mol. The number of H-pyrrole nitrogens is 1. The molecule has 1 heterocycles. The number of aromatic amines is 1. The van der Waals surface area contributed by atoms with E-state index >= 15 is 0 Å². The van der Waals surface area contributed by atoms with Crippen LogP contribution in [0.4, 0.5) is 5.69 Å². The predicted molar refractivity (Wildman–Crippen MR) is 131 cm³/mol. The Kier molecular flexibility index (Phi) is 8.04. The normalized spacial score (nSPS) is 11.5. The van der Waals surface area contributed by atoms with Gasteiger partial charge in [-0.1, -0.05) is 11.6 Å². The van der Waals surface area contributed by atoms with E-state index in [0.717, 1.165) is 23.1 Å². The fourth-order valence-electron chi connectivity index (χ4n) is 3.88. The van der Waals surface area contributed by atoms with Crippen LogP contribution >= 0.6 is 11.6 Å². The predicted octanol–water partition coefficient (Wildman–Crippen LogP) is 5.51. The first kappa shape index (κ1) is 24.0. The molecule has 3 rings (SSSR count). The van der Waals surface area contributed by atoms with Gasteiger partial charge in [0.25, 0.3) is 0 Å². The topological polar surface area (TPSA) is 66.6 Å². The highest BCUT2D eigenvalue weighted by Gasteiger charge is 2.15. The number of amides is 1. The Bertz CT molecular complexity index is 1050. The van der Waals surface area contributed by atoms with Gasteiger partial charge in [0.15, 0.2) is 11.5 Å². The van der Waals surface area contributed by atoms with Crippen molar-refractivity contribution in [2.24, 2.45) is 0 Å². The maximum atomic E-state index is 12.6. The zero-order chi connectivity index (χ0) is 23.3. The Morgan fingerprint density at radius 1 is 1.06 bits per heavy atom. The van der Waals surface area contributed by atoms with Crippen LogP contribution in [0.15, 0.2) is 42.5 Å². The molecule has 172 valence electrons. The Hall–Kier alpha value is -2.70. The van der Waals surface area contributed by atoms with E-state index in [9.17, 15) is 4.79 Å². The van der Waals surface area contributed by atoms with Gasteiger partial charge in [-0.2, -0.15) is 0 Å². The lowest BCUT2D eigenvalue weighted by molar-refractivity contribution is -0.115. The maximum absolute atomic E-state index is 12.6. The van der Waals surface area contributed by atoms with Crippen LogP contribution in [0.1, 0.15) is 33.4 Å². The summed E-state index contributed by atoms with van der Waals surface area (Å²) in [4.78, 5) is 18.2. The van der Waals surface area contributed by atoms with Crippen LogP contribution in [-0.4, -0.2) is 48.1 Å². The van der Waals surface area contributed by atoms with E-state index in [-0.39, 0.29) is 12.3 Å². The van der Waals surface area contributed by atoms with Crippen LogP contribution in [0.3, 0.4) is 0 Å². The van der Waals surface area contributed by atoms with Gasteiger partial charge in [0.2, 0.25) is 5.91 Å². The van der Waals surface area contributed by atoms with E-state index in [2.05, 4.69) is 42.9 Å². The Labute approximate surface area is 194 Å². The van der Waals surface area contributed by atoms with Crippen LogP contribution < -0.4 is 14.8 Å². The van der Waals surface area contributed by atoms with Crippen LogP contribution in [0.2, 0.25) is 5.02 Å². The second-order valence-electron chi connectivity index (χ2n) is 8.39. The number of hydrogen-bond donors (Lipinski definition) is 2. The molecule has 6 nitrogen and oxygen atoms in total. The van der Waals surface area contributed by atoms with Gasteiger partial charge < -0.3 is 19.8 Å². The van der Waals surface area contributed by atoms with Crippen LogP contribution in [0.5, 0.6) is 11.5 Å². The molecule has 0 unspecified atom stereocenters. The molecule has 0 aliphatic carbocycles. The van der Waals surface area contributed by atoms with E-state index in [1.54, 1.807) is 19.2 Å². The number of nitrogens with one attached hydrogen (secondary N) is 2. The lowest BCUT2D eigenvalue weighted by Gasteiger charge is -2.30. The molecule has 1 amide bonds. The maximum Gasteiger partial charge on any atom is 0.230 e. The van der Waals surface area contributed by atoms with Gasteiger partial charge in [-0.05, 0) is 64.1 Å². The number of fused-ring (bicyclic) bond motifs is 1. The number of halogens is 1. The standard InChI is InChI=1S/C25H32ClN3O3/c1-16(2)29(17(3)4)10-11-32-24-14-20(7-9-23(24)31-5)28-25(30)15-21-13-18-12-19(26)6-8-22(18)27-21/h6-9,12-14,16-17,27H,10-11,15H2,1-5H3,(H,28,30). The average Bonchev–Trinajstić information content (AvgIpc) is 3.11. The van der Waals surface area contributed by atoms with Crippen LogP contribution in [0.25, 0.3) is 10.9 Å². The van der Waals surface area contributed by atoms with Gasteiger partial charge in [0, 0.05) is 52.0 Å². The van der Waals surface area contributed by atoms with E-state index in [1.807, 2.05) is 30.3 Å². The van der Waals surface area contributed by atoms with Gasteiger partial charge >= 0.3 is 0 Å². The second kappa shape index (κ2) is 10.7. The molecule has 3 aromatic rings. The average molecular weight is 458 g/mol. The van der Waals surface area contributed by atoms with Crippen molar-refractivity contribution >= 4 is 34.1 Å². The molecule has 0 saturated heterocycles. The summed E-state index contributed by atoms with van der Waals surface area (Å²) >= 11 is 6.05. The molecular formula is C25H32ClN3O3. The smallest absolute Gasteiger partial charge is 0.230 e. The zero-order valence-corrected chi connectivity index (χ0v) is 20.1. The molecule has 32 heavy (non-hydrogen) atoms. The molecule has 0 aliphatic heterocycles. The number of aromatic nitrogens is 1. The first-order chi connectivity index (χ1) is 15.3. The Balaban J connectivity index is 1.63. The number of nitrogens with zero attached hydrogens (tertiary/aromatic N) is 1. The summed E-state index contributed by atoms with van der Waals surface area (Å²) in [7, 11) is 1.61. The second-order valence-corrected chi connectivity index (χ2v) is 8.83. The quantitative estimate of drug-likeness (QED) is 0.421. The van der Waals surface area contributed by atoms with Gasteiger partial charge in [0.1, 0.15) is 6.61 Å². The number of methoxy groups -OCH3 is 1. The number of benzene rings is 2. The summed E-state index contributed by atoms with van der Waals surface area (Å²) in [6, 6.07) is 13.8. The molecule has 0 bridgehead atoms. The summed E-state index contributed by atoms with van der Waals surface area (Å²) in [6.07, 6.45) is 0.228. The number of anilines is 1. The fourth-order valence-corrected chi connectivity index (χ4v) is 4.06. The van der Waals surface area contributed by atoms with Gasteiger partial charge in [0.05, 0.1) is 13.5 Å². The van der Waals surface area contributed by atoms with Crippen molar-refractivity contribution in [2.45, 2.75) is 46.2 Å². The first-order valence-electron chi connectivity index (χ1n) is 10.9. The molecule has 2 N–H and O–H groups in total. The van der Waals surface area contributed by atoms with Crippen molar-refractivity contribution in [3.8, 4) is 11.5 Å². The minimum Gasteiger partial charge on any atom is -0.493 e. The highest BCUT2D eigenvalue weighted by Crippen LogP contribution is 2.30. The van der Waals surface area contributed by atoms with Crippen LogP contribution in [-0.2, 0) is 11.2 Å². The molecular weight excluding hydrogens is 426 g/mol. The largest absolute Gasteiger partial charge is 0.493 e. The van der Waals surface area contributed by atoms with Crippen molar-refractivity contribution in [3.63, 3.8) is 0 Å². The molecule has 7 heteroatoms. The third-order valence-electron chi connectivity index (χ3n) is 5.37. The van der Waals surface area contributed by atoms with Crippen LogP contribution in [0, 0.1) is 0 Å². The minimum absolute atomic E-state index is 0.121. The van der Waals surface area contributed by atoms with Gasteiger partial charge in [-0.15, -0.1) is 0 Å². The summed E-state index contributed by atoms with van der Waals surface area (Å²) < 4.78 is 11.4. The SMILES string of the molecule is COc1ccc(NC(=O)Cc2cc3cc(Cl)ccc3[nH]2)cc1OCCN(C(C)C)C(C)C. The molecule has 2 aromatic carbocycles.